The highest BCUT2D eigenvalue weighted by Gasteiger charge is 2.59. The van der Waals surface area contributed by atoms with E-state index in [-0.39, 0.29) is 16.9 Å². The van der Waals surface area contributed by atoms with E-state index in [4.69, 9.17) is 27.5 Å². The number of likely N-dealkylation sites (tertiary alicyclic amines) is 1. The van der Waals surface area contributed by atoms with Crippen molar-refractivity contribution in [3.63, 3.8) is 0 Å². The average molecular weight is 541 g/mol. The molecule has 5 rings (SSSR count). The van der Waals surface area contributed by atoms with Crippen LogP contribution in [0.1, 0.15) is 43.4 Å². The molecule has 0 radical (unpaired) electrons. The fourth-order valence-corrected chi connectivity index (χ4v) is 5.71. The minimum Gasteiger partial charge on any atom is -0.490 e. The van der Waals surface area contributed by atoms with Crippen LogP contribution in [-0.2, 0) is 11.0 Å². The number of nitrogens with zero attached hydrogens (tertiary/aromatic N) is 6. The van der Waals surface area contributed by atoms with Crippen LogP contribution < -0.4 is 14.5 Å². The van der Waals surface area contributed by atoms with Crippen LogP contribution in [0.2, 0.25) is 0 Å². The van der Waals surface area contributed by atoms with Crippen LogP contribution in [0, 0.1) is 22.7 Å². The van der Waals surface area contributed by atoms with Crippen molar-refractivity contribution in [2.75, 3.05) is 29.4 Å². The predicted molar refractivity (Wildman–Crippen MR) is 135 cm³/mol. The largest absolute Gasteiger partial charge is 0.490 e. The molecular weight excluding hydrogens is 517 g/mol. The Hall–Kier alpha value is -3.74. The van der Waals surface area contributed by atoms with E-state index in [2.05, 4.69) is 16.0 Å². The fraction of sp³-hybridized carbons (Fsp3) is 0.423. The summed E-state index contributed by atoms with van der Waals surface area (Å²) < 4.78 is 46.8. The van der Waals surface area contributed by atoms with Crippen molar-refractivity contribution in [3.05, 3.63) is 47.8 Å². The Bertz CT molecular complexity index is 1340. The molecule has 0 bridgehead atoms. The molecule has 1 saturated carbocycles. The van der Waals surface area contributed by atoms with Gasteiger partial charge >= 0.3 is 6.18 Å². The molecule has 1 amide bonds. The third kappa shape index (κ3) is 4.44. The van der Waals surface area contributed by atoms with E-state index in [9.17, 15) is 18.0 Å². The SMILES string of the molecule is N#CCN1CCC(Oc2ccc(N3C(=S)N(c4cnc(C#N)c(C(F)(F)F)c4)C(=O)C34CCC4)cc2)CC1. The zero-order valence-corrected chi connectivity index (χ0v) is 21.1. The van der Waals surface area contributed by atoms with Gasteiger partial charge in [0.2, 0.25) is 0 Å². The molecule has 1 aromatic heterocycles. The summed E-state index contributed by atoms with van der Waals surface area (Å²) in [5, 5.41) is 18.0. The first-order chi connectivity index (χ1) is 18.2. The summed E-state index contributed by atoms with van der Waals surface area (Å²) in [5.74, 6) is 0.257. The highest BCUT2D eigenvalue weighted by atomic mass is 32.1. The van der Waals surface area contributed by atoms with Crippen molar-refractivity contribution in [3.8, 4) is 17.9 Å². The molecular formula is C26H23F3N6O2S. The number of alkyl halides is 3. The number of pyridine rings is 1. The zero-order chi connectivity index (χ0) is 27.1. The van der Waals surface area contributed by atoms with Gasteiger partial charge in [0.25, 0.3) is 5.91 Å². The van der Waals surface area contributed by atoms with E-state index < -0.39 is 28.9 Å². The second-order valence-corrected chi connectivity index (χ2v) is 9.95. The topological polar surface area (TPSA) is 96.5 Å². The van der Waals surface area contributed by atoms with Crippen LogP contribution in [0.4, 0.5) is 24.5 Å². The summed E-state index contributed by atoms with van der Waals surface area (Å²) in [6.45, 7) is 1.99. The maximum Gasteiger partial charge on any atom is 0.419 e. The minimum atomic E-state index is -4.81. The third-order valence-electron chi connectivity index (χ3n) is 7.36. The van der Waals surface area contributed by atoms with Crippen molar-refractivity contribution in [2.45, 2.75) is 49.9 Å². The highest BCUT2D eigenvalue weighted by Crippen LogP contribution is 2.48. The van der Waals surface area contributed by atoms with Crippen LogP contribution in [0.5, 0.6) is 5.75 Å². The molecule has 2 saturated heterocycles. The fourth-order valence-electron chi connectivity index (χ4n) is 5.24. The number of ether oxygens (including phenoxy) is 1. The number of carbonyl (C=O) groups excluding carboxylic acids is 1. The molecule has 0 N–H and O–H groups in total. The Morgan fingerprint density at radius 2 is 1.82 bits per heavy atom. The number of aromatic nitrogens is 1. The first-order valence-corrected chi connectivity index (χ1v) is 12.6. The van der Waals surface area contributed by atoms with Crippen LogP contribution in [-0.4, -0.2) is 52.2 Å². The summed E-state index contributed by atoms with van der Waals surface area (Å²) >= 11 is 5.64. The Morgan fingerprint density at radius 1 is 1.13 bits per heavy atom. The molecule has 12 heteroatoms. The van der Waals surface area contributed by atoms with Crippen LogP contribution in [0.25, 0.3) is 0 Å². The van der Waals surface area contributed by atoms with Crippen molar-refractivity contribution >= 4 is 34.6 Å². The molecule has 0 unspecified atom stereocenters. The smallest absolute Gasteiger partial charge is 0.419 e. The lowest BCUT2D eigenvalue weighted by molar-refractivity contribution is -0.138. The quantitative estimate of drug-likeness (QED) is 0.407. The molecule has 3 heterocycles. The van der Waals surface area contributed by atoms with Gasteiger partial charge < -0.3 is 9.64 Å². The van der Waals surface area contributed by atoms with Crippen molar-refractivity contribution in [1.82, 2.24) is 9.88 Å². The molecule has 1 aliphatic carbocycles. The number of hydrogen-bond acceptors (Lipinski definition) is 7. The van der Waals surface area contributed by atoms with E-state index >= 15 is 0 Å². The van der Waals surface area contributed by atoms with Crippen molar-refractivity contribution in [1.29, 1.82) is 10.5 Å². The highest BCUT2D eigenvalue weighted by molar-refractivity contribution is 7.81. The number of rotatable bonds is 5. The number of benzene rings is 1. The first kappa shape index (κ1) is 25.9. The Balaban J connectivity index is 1.38. The Kier molecular flexibility index (Phi) is 6.72. The molecule has 38 heavy (non-hydrogen) atoms. The zero-order valence-electron chi connectivity index (χ0n) is 20.2. The van der Waals surface area contributed by atoms with Gasteiger partial charge in [-0.25, -0.2) is 4.98 Å². The lowest BCUT2D eigenvalue weighted by Crippen LogP contribution is -2.55. The molecule has 3 aliphatic rings. The number of amides is 1. The summed E-state index contributed by atoms with van der Waals surface area (Å²) in [4.78, 5) is 22.1. The van der Waals surface area contributed by atoms with E-state index in [1.54, 1.807) is 29.2 Å². The van der Waals surface area contributed by atoms with Gasteiger partial charge in [0.15, 0.2) is 10.8 Å². The first-order valence-electron chi connectivity index (χ1n) is 12.2. The van der Waals surface area contributed by atoms with Gasteiger partial charge in [-0.3, -0.25) is 14.6 Å². The molecule has 1 spiro atoms. The lowest BCUT2D eigenvalue weighted by Gasteiger charge is -2.43. The number of thiocarbonyl (C=S) groups is 1. The van der Waals surface area contributed by atoms with E-state index in [1.165, 1.54) is 6.07 Å². The summed E-state index contributed by atoms with van der Waals surface area (Å²) in [7, 11) is 0. The second kappa shape index (κ2) is 9.86. The van der Waals surface area contributed by atoms with Crippen LogP contribution >= 0.6 is 12.2 Å². The standard InChI is InChI=1S/C26H23F3N6O2S/c27-26(28,29)21-14-18(16-32-22(21)15-31)34-23(36)25(8-1-9-25)35(24(34)38)17-2-4-19(5-3-17)37-20-6-11-33(12-7-20)13-10-30/h2-5,14,16,20H,1,6-9,11-13H2. The Labute approximate surface area is 222 Å². The molecule has 8 nitrogen and oxygen atoms in total. The number of halogens is 3. The van der Waals surface area contributed by atoms with E-state index in [0.29, 0.717) is 30.8 Å². The van der Waals surface area contributed by atoms with Gasteiger partial charge in [0, 0.05) is 18.8 Å². The Morgan fingerprint density at radius 3 is 2.37 bits per heavy atom. The van der Waals surface area contributed by atoms with Gasteiger partial charge in [0.05, 0.1) is 30.1 Å². The van der Waals surface area contributed by atoms with Gasteiger partial charge in [-0.1, -0.05) is 0 Å². The summed E-state index contributed by atoms with van der Waals surface area (Å²) in [6, 6.07) is 11.5. The van der Waals surface area contributed by atoms with Crippen LogP contribution in [0.15, 0.2) is 36.5 Å². The van der Waals surface area contributed by atoms with Gasteiger partial charge in [-0.15, -0.1) is 0 Å². The lowest BCUT2D eigenvalue weighted by atomic mass is 9.75. The number of nitriles is 2. The average Bonchev–Trinajstić information content (AvgIpc) is 3.11. The number of hydrogen-bond donors (Lipinski definition) is 0. The van der Waals surface area contributed by atoms with Crippen LogP contribution in [0.3, 0.4) is 0 Å². The van der Waals surface area contributed by atoms with E-state index in [1.807, 2.05) is 0 Å². The molecule has 3 fully saturated rings. The third-order valence-corrected chi connectivity index (χ3v) is 7.73. The molecule has 1 aromatic carbocycles. The van der Waals surface area contributed by atoms with E-state index in [0.717, 1.165) is 49.5 Å². The van der Waals surface area contributed by atoms with Gasteiger partial charge in [-0.2, -0.15) is 23.7 Å². The number of anilines is 2. The summed E-state index contributed by atoms with van der Waals surface area (Å²) in [6.07, 6.45) is -0.277. The maximum absolute atomic E-state index is 13.6. The van der Waals surface area contributed by atoms with Crippen molar-refractivity contribution in [2.24, 2.45) is 0 Å². The molecule has 2 aliphatic heterocycles. The maximum atomic E-state index is 13.6. The monoisotopic (exact) mass is 540 g/mol. The minimum absolute atomic E-state index is 0.0328. The predicted octanol–water partition coefficient (Wildman–Crippen LogP) is 4.40. The number of piperidine rings is 1. The second-order valence-electron chi connectivity index (χ2n) is 9.59. The van der Waals surface area contributed by atoms with Crippen molar-refractivity contribution < 1.29 is 22.7 Å². The molecule has 196 valence electrons. The normalized spacial score (nSPS) is 19.8. The van der Waals surface area contributed by atoms with Gasteiger partial charge in [0.1, 0.15) is 23.5 Å². The number of carbonyl (C=O) groups is 1. The summed E-state index contributed by atoms with van der Waals surface area (Å²) in [5.41, 5.74) is -2.43. The molecule has 0 atom stereocenters. The molecule has 2 aromatic rings. The van der Waals surface area contributed by atoms with Gasteiger partial charge in [-0.05, 0) is 74.7 Å².